The zero-order chi connectivity index (χ0) is 14.7. The summed E-state index contributed by atoms with van der Waals surface area (Å²) in [6.07, 6.45) is 0. The minimum absolute atomic E-state index is 0.0991. The third-order valence-corrected chi connectivity index (χ3v) is 4.00. The smallest absolute Gasteiger partial charge is 0.323 e. The van der Waals surface area contributed by atoms with E-state index in [0.717, 1.165) is 16.4 Å². The maximum Gasteiger partial charge on any atom is 0.323 e. The molecule has 2 aromatic rings. The molecule has 6 heteroatoms. The molecule has 0 radical (unpaired) electrons. The van der Waals surface area contributed by atoms with Crippen molar-refractivity contribution in [2.45, 2.75) is 19.9 Å². The van der Waals surface area contributed by atoms with Crippen molar-refractivity contribution in [1.29, 1.82) is 0 Å². The molecule has 106 valence electrons. The summed E-state index contributed by atoms with van der Waals surface area (Å²) >= 11 is 7.55. The van der Waals surface area contributed by atoms with Gasteiger partial charge in [0, 0.05) is 16.1 Å². The number of anilines is 1. The Bertz CT molecular complexity index is 615. The molecule has 0 aliphatic rings. The van der Waals surface area contributed by atoms with Gasteiger partial charge in [-0.05, 0) is 32.0 Å². The average Bonchev–Trinajstić information content (AvgIpc) is 2.81. The third-order valence-electron chi connectivity index (χ3n) is 2.98. The van der Waals surface area contributed by atoms with E-state index in [0.29, 0.717) is 5.02 Å². The van der Waals surface area contributed by atoms with Gasteiger partial charge >= 0.3 is 5.97 Å². The van der Waals surface area contributed by atoms with Crippen LogP contribution in [0.15, 0.2) is 29.6 Å². The molecule has 1 aromatic heterocycles. The molecule has 2 rings (SSSR count). The minimum atomic E-state index is -0.885. The molecule has 0 fully saturated rings. The van der Waals surface area contributed by atoms with Gasteiger partial charge in [0.25, 0.3) is 0 Å². The van der Waals surface area contributed by atoms with Crippen molar-refractivity contribution >= 4 is 34.6 Å². The Hall–Kier alpha value is -1.59. The van der Waals surface area contributed by atoms with Gasteiger partial charge in [-0.1, -0.05) is 17.7 Å². The highest BCUT2D eigenvalue weighted by molar-refractivity contribution is 7.09. The van der Waals surface area contributed by atoms with Gasteiger partial charge in [-0.3, -0.25) is 4.79 Å². The lowest BCUT2D eigenvalue weighted by atomic mass is 10.2. The standard InChI is InChI=1S/C14H15ClN2O2S/c1-9(13-8-20-10(2)16-13)17(7-14(18)19)12-5-3-4-11(15)6-12/h3-6,8-9H,7H2,1-2H3,(H,18,19). The lowest BCUT2D eigenvalue weighted by molar-refractivity contribution is -0.135. The molecule has 1 unspecified atom stereocenters. The average molecular weight is 311 g/mol. The number of aliphatic carboxylic acids is 1. The molecule has 20 heavy (non-hydrogen) atoms. The second kappa shape index (κ2) is 6.24. The number of halogens is 1. The van der Waals surface area contributed by atoms with Crippen LogP contribution in [0.5, 0.6) is 0 Å². The molecular weight excluding hydrogens is 296 g/mol. The summed E-state index contributed by atoms with van der Waals surface area (Å²) in [7, 11) is 0. The number of rotatable bonds is 5. The number of carbonyl (C=O) groups is 1. The Kier molecular flexibility index (Phi) is 4.62. The van der Waals surface area contributed by atoms with Crippen LogP contribution < -0.4 is 4.90 Å². The molecule has 0 amide bonds. The molecule has 0 spiro atoms. The molecule has 0 saturated heterocycles. The van der Waals surface area contributed by atoms with Gasteiger partial charge < -0.3 is 10.0 Å². The molecule has 0 saturated carbocycles. The Morgan fingerprint density at radius 2 is 2.30 bits per heavy atom. The van der Waals surface area contributed by atoms with Gasteiger partial charge in [-0.25, -0.2) is 4.98 Å². The fourth-order valence-electron chi connectivity index (χ4n) is 1.98. The van der Waals surface area contributed by atoms with Crippen LogP contribution in [0.25, 0.3) is 0 Å². The predicted octanol–water partition coefficient (Wildman–Crippen LogP) is 3.76. The summed E-state index contributed by atoms with van der Waals surface area (Å²) in [6.45, 7) is 3.78. The van der Waals surface area contributed by atoms with Crippen LogP contribution in [0.1, 0.15) is 23.7 Å². The summed E-state index contributed by atoms with van der Waals surface area (Å²) in [6, 6.07) is 7.06. The Morgan fingerprint density at radius 3 is 2.85 bits per heavy atom. The number of carboxylic acids is 1. The van der Waals surface area contributed by atoms with Crippen molar-refractivity contribution in [1.82, 2.24) is 4.98 Å². The third kappa shape index (κ3) is 3.49. The van der Waals surface area contributed by atoms with E-state index >= 15 is 0 Å². The van der Waals surface area contributed by atoms with Gasteiger partial charge in [-0.15, -0.1) is 11.3 Å². The van der Waals surface area contributed by atoms with Gasteiger partial charge in [-0.2, -0.15) is 0 Å². The lowest BCUT2D eigenvalue weighted by Gasteiger charge is -2.29. The zero-order valence-electron chi connectivity index (χ0n) is 11.2. The lowest BCUT2D eigenvalue weighted by Crippen LogP contribution is -2.32. The monoisotopic (exact) mass is 310 g/mol. The van der Waals surface area contributed by atoms with Gasteiger partial charge in [0.05, 0.1) is 16.7 Å². The summed E-state index contributed by atoms with van der Waals surface area (Å²) in [5.74, 6) is -0.885. The van der Waals surface area contributed by atoms with Crippen LogP contribution in [0, 0.1) is 6.92 Å². The zero-order valence-corrected chi connectivity index (χ0v) is 12.8. The van der Waals surface area contributed by atoms with Crippen molar-refractivity contribution in [2.75, 3.05) is 11.4 Å². The molecular formula is C14H15ClN2O2S. The summed E-state index contributed by atoms with van der Waals surface area (Å²) in [4.78, 5) is 17.3. The molecule has 1 heterocycles. The summed E-state index contributed by atoms with van der Waals surface area (Å²) in [5.41, 5.74) is 1.65. The number of aryl methyl sites for hydroxylation is 1. The minimum Gasteiger partial charge on any atom is -0.480 e. The van der Waals surface area contributed by atoms with Crippen LogP contribution >= 0.6 is 22.9 Å². The maximum atomic E-state index is 11.1. The van der Waals surface area contributed by atoms with Crippen LogP contribution in [0.2, 0.25) is 5.02 Å². The number of nitrogens with zero attached hydrogens (tertiary/aromatic N) is 2. The molecule has 0 aliphatic heterocycles. The van der Waals surface area contributed by atoms with Crippen LogP contribution in [0.4, 0.5) is 5.69 Å². The predicted molar refractivity (Wildman–Crippen MR) is 81.7 cm³/mol. The number of aromatic nitrogens is 1. The number of benzene rings is 1. The molecule has 0 bridgehead atoms. The summed E-state index contributed by atoms with van der Waals surface area (Å²) < 4.78 is 0. The highest BCUT2D eigenvalue weighted by atomic mass is 35.5. The van der Waals surface area contributed by atoms with E-state index in [1.807, 2.05) is 31.4 Å². The Balaban J connectivity index is 2.34. The van der Waals surface area contributed by atoms with Gasteiger partial charge in [0.15, 0.2) is 0 Å². The van der Waals surface area contributed by atoms with Crippen LogP contribution in [-0.4, -0.2) is 22.6 Å². The van der Waals surface area contributed by atoms with Crippen LogP contribution in [-0.2, 0) is 4.79 Å². The SMILES string of the molecule is Cc1nc(C(C)N(CC(=O)O)c2cccc(Cl)c2)cs1. The number of carboxylic acid groups (broad SMARTS) is 1. The first-order valence-electron chi connectivity index (χ1n) is 6.13. The van der Waals surface area contributed by atoms with Crippen molar-refractivity contribution in [3.05, 3.63) is 45.4 Å². The van der Waals surface area contributed by atoms with Crippen molar-refractivity contribution in [3.8, 4) is 0 Å². The molecule has 1 aromatic carbocycles. The van der Waals surface area contributed by atoms with Crippen molar-refractivity contribution < 1.29 is 9.90 Å². The van der Waals surface area contributed by atoms with E-state index in [4.69, 9.17) is 16.7 Å². The molecule has 1 N–H and O–H groups in total. The fraction of sp³-hybridized carbons (Fsp3) is 0.286. The number of hydrogen-bond donors (Lipinski definition) is 1. The normalized spacial score (nSPS) is 12.2. The first kappa shape index (κ1) is 14.8. The van der Waals surface area contributed by atoms with Crippen molar-refractivity contribution in [2.24, 2.45) is 0 Å². The quantitative estimate of drug-likeness (QED) is 0.913. The van der Waals surface area contributed by atoms with E-state index in [1.54, 1.807) is 28.4 Å². The molecule has 4 nitrogen and oxygen atoms in total. The van der Waals surface area contributed by atoms with Crippen LogP contribution in [0.3, 0.4) is 0 Å². The first-order valence-corrected chi connectivity index (χ1v) is 7.39. The van der Waals surface area contributed by atoms with E-state index in [-0.39, 0.29) is 12.6 Å². The molecule has 0 aliphatic carbocycles. The van der Waals surface area contributed by atoms with E-state index in [1.165, 1.54) is 0 Å². The second-order valence-corrected chi connectivity index (χ2v) is 5.97. The van der Waals surface area contributed by atoms with E-state index in [9.17, 15) is 4.79 Å². The van der Waals surface area contributed by atoms with Gasteiger partial charge in [0.1, 0.15) is 6.54 Å². The Morgan fingerprint density at radius 1 is 1.55 bits per heavy atom. The number of hydrogen-bond acceptors (Lipinski definition) is 4. The van der Waals surface area contributed by atoms with Crippen molar-refractivity contribution in [3.63, 3.8) is 0 Å². The number of thiazole rings is 1. The fourth-order valence-corrected chi connectivity index (χ4v) is 2.87. The van der Waals surface area contributed by atoms with E-state index in [2.05, 4.69) is 4.98 Å². The Labute approximate surface area is 126 Å². The summed E-state index contributed by atoms with van der Waals surface area (Å²) in [5, 5.41) is 12.6. The topological polar surface area (TPSA) is 53.4 Å². The highest BCUT2D eigenvalue weighted by Crippen LogP contribution is 2.29. The maximum absolute atomic E-state index is 11.1. The largest absolute Gasteiger partial charge is 0.480 e. The second-order valence-electron chi connectivity index (χ2n) is 4.47. The molecule has 1 atom stereocenters. The van der Waals surface area contributed by atoms with E-state index < -0.39 is 5.97 Å². The first-order chi connectivity index (χ1) is 9.47. The van der Waals surface area contributed by atoms with Gasteiger partial charge in [0.2, 0.25) is 0 Å². The highest BCUT2D eigenvalue weighted by Gasteiger charge is 2.21.